The normalized spacial score (nSPS) is 18.5. The van der Waals surface area contributed by atoms with Crippen LogP contribution in [0.2, 0.25) is 0 Å². The highest BCUT2D eigenvalue weighted by molar-refractivity contribution is 7.98. The van der Waals surface area contributed by atoms with E-state index in [2.05, 4.69) is 17.4 Å². The van der Waals surface area contributed by atoms with Gasteiger partial charge in [0.05, 0.1) is 12.0 Å². The maximum absolute atomic E-state index is 11.5. The number of anilines is 1. The van der Waals surface area contributed by atoms with Gasteiger partial charge in [-0.15, -0.1) is 11.8 Å². The van der Waals surface area contributed by atoms with Crippen molar-refractivity contribution >= 4 is 23.2 Å². The van der Waals surface area contributed by atoms with Gasteiger partial charge in [0.25, 0.3) is 0 Å². The van der Waals surface area contributed by atoms with E-state index in [9.17, 15) is 4.79 Å². The average molecular weight is 265 g/mol. The van der Waals surface area contributed by atoms with Crippen molar-refractivity contribution in [1.29, 1.82) is 0 Å². The van der Waals surface area contributed by atoms with Crippen molar-refractivity contribution < 1.29 is 9.53 Å². The van der Waals surface area contributed by atoms with Crippen LogP contribution in [0.5, 0.6) is 5.75 Å². The Balaban J connectivity index is 2.30. The van der Waals surface area contributed by atoms with Crippen LogP contribution in [0.4, 0.5) is 5.69 Å². The Morgan fingerprint density at radius 3 is 2.89 bits per heavy atom. The highest BCUT2D eigenvalue weighted by atomic mass is 32.2. The lowest BCUT2D eigenvalue weighted by molar-refractivity contribution is -0.120. The number of carbonyl (C=O) groups is 1. The molecule has 2 rings (SSSR count). The second-order valence-electron chi connectivity index (χ2n) is 4.59. The van der Waals surface area contributed by atoms with Crippen LogP contribution in [0.1, 0.15) is 18.9 Å². The molecule has 4 heteroatoms. The highest BCUT2D eigenvalue weighted by Gasteiger charge is 2.20. The standard InChI is InChI=1S/C14H19NO2S/c1-9(16)11-5-4-10-6-13(17-2)14(18-3)7-12(10)15-8-11/h6-7,11,15H,4-5,8H2,1-3H3. The molecule has 1 N–H and O–H groups in total. The van der Waals surface area contributed by atoms with E-state index in [1.54, 1.807) is 25.8 Å². The Morgan fingerprint density at radius 1 is 1.50 bits per heavy atom. The molecule has 0 spiro atoms. The third kappa shape index (κ3) is 2.64. The Hall–Kier alpha value is -1.16. The van der Waals surface area contributed by atoms with Gasteiger partial charge in [-0.1, -0.05) is 0 Å². The van der Waals surface area contributed by atoms with Crippen LogP contribution in [-0.4, -0.2) is 25.7 Å². The van der Waals surface area contributed by atoms with Crippen molar-refractivity contribution in [1.82, 2.24) is 0 Å². The third-order valence-electron chi connectivity index (χ3n) is 3.49. The molecular formula is C14H19NO2S. The molecule has 0 radical (unpaired) electrons. The van der Waals surface area contributed by atoms with Gasteiger partial charge in [0, 0.05) is 18.2 Å². The van der Waals surface area contributed by atoms with Gasteiger partial charge in [0.1, 0.15) is 11.5 Å². The van der Waals surface area contributed by atoms with E-state index in [0.717, 1.165) is 35.7 Å². The maximum Gasteiger partial charge on any atom is 0.134 e. The van der Waals surface area contributed by atoms with E-state index in [4.69, 9.17) is 4.74 Å². The second-order valence-corrected chi connectivity index (χ2v) is 5.44. The number of hydrogen-bond donors (Lipinski definition) is 1. The molecule has 3 nitrogen and oxygen atoms in total. The van der Waals surface area contributed by atoms with Crippen molar-refractivity contribution in [2.45, 2.75) is 24.7 Å². The predicted molar refractivity (Wildman–Crippen MR) is 75.8 cm³/mol. The summed E-state index contributed by atoms with van der Waals surface area (Å²) in [6.07, 6.45) is 3.88. The first-order valence-corrected chi connectivity index (χ1v) is 7.37. The summed E-state index contributed by atoms with van der Waals surface area (Å²) in [5.41, 5.74) is 2.39. The van der Waals surface area contributed by atoms with Crippen LogP contribution in [0.25, 0.3) is 0 Å². The van der Waals surface area contributed by atoms with Crippen LogP contribution in [0.3, 0.4) is 0 Å². The number of ketones is 1. The Labute approximate surface area is 112 Å². The second kappa shape index (κ2) is 5.65. The number of thioether (sulfide) groups is 1. The molecule has 1 aromatic rings. The zero-order chi connectivity index (χ0) is 13.1. The lowest BCUT2D eigenvalue weighted by Gasteiger charge is -2.13. The lowest BCUT2D eigenvalue weighted by atomic mass is 9.98. The van der Waals surface area contributed by atoms with Crippen molar-refractivity contribution in [3.63, 3.8) is 0 Å². The summed E-state index contributed by atoms with van der Waals surface area (Å²) in [7, 11) is 1.70. The van der Waals surface area contributed by atoms with Gasteiger partial charge >= 0.3 is 0 Å². The van der Waals surface area contributed by atoms with Crippen LogP contribution in [0, 0.1) is 5.92 Å². The van der Waals surface area contributed by atoms with Crippen LogP contribution < -0.4 is 10.1 Å². The molecule has 0 aromatic heterocycles. The molecule has 1 aromatic carbocycles. The Kier molecular flexibility index (Phi) is 4.17. The van der Waals surface area contributed by atoms with E-state index >= 15 is 0 Å². The zero-order valence-electron chi connectivity index (χ0n) is 11.1. The van der Waals surface area contributed by atoms with E-state index in [1.165, 1.54) is 5.56 Å². The number of rotatable bonds is 3. The molecule has 98 valence electrons. The number of aryl methyl sites for hydroxylation is 1. The monoisotopic (exact) mass is 265 g/mol. The number of methoxy groups -OCH3 is 1. The number of fused-ring (bicyclic) bond motifs is 1. The first-order chi connectivity index (χ1) is 8.65. The van der Waals surface area contributed by atoms with Crippen molar-refractivity contribution in [2.24, 2.45) is 5.92 Å². The Morgan fingerprint density at radius 2 is 2.28 bits per heavy atom. The minimum absolute atomic E-state index is 0.126. The summed E-state index contributed by atoms with van der Waals surface area (Å²) in [6, 6.07) is 4.22. The minimum atomic E-state index is 0.126. The summed E-state index contributed by atoms with van der Waals surface area (Å²) < 4.78 is 5.40. The fourth-order valence-electron chi connectivity index (χ4n) is 2.30. The molecule has 0 saturated heterocycles. The molecule has 0 bridgehead atoms. The van der Waals surface area contributed by atoms with Gasteiger partial charge < -0.3 is 10.1 Å². The predicted octanol–water partition coefficient (Wildman–Crippen LogP) is 2.98. The smallest absolute Gasteiger partial charge is 0.134 e. The molecule has 1 aliphatic rings. The van der Waals surface area contributed by atoms with Crippen molar-refractivity contribution in [2.75, 3.05) is 25.2 Å². The SMILES string of the molecule is COc1cc2c(cc1SC)NCC(C(C)=O)CC2. The number of hydrogen-bond acceptors (Lipinski definition) is 4. The van der Waals surface area contributed by atoms with E-state index in [0.29, 0.717) is 0 Å². The number of benzene rings is 1. The quantitative estimate of drug-likeness (QED) is 0.853. The maximum atomic E-state index is 11.5. The third-order valence-corrected chi connectivity index (χ3v) is 4.24. The van der Waals surface area contributed by atoms with Crippen molar-refractivity contribution in [3.05, 3.63) is 17.7 Å². The molecular weight excluding hydrogens is 246 g/mol. The molecule has 0 fully saturated rings. The number of nitrogens with one attached hydrogen (secondary N) is 1. The summed E-state index contributed by atoms with van der Waals surface area (Å²) in [5.74, 6) is 1.32. The molecule has 1 aliphatic heterocycles. The highest BCUT2D eigenvalue weighted by Crippen LogP contribution is 2.35. The van der Waals surface area contributed by atoms with Gasteiger partial charge in [-0.05, 0) is 43.7 Å². The largest absolute Gasteiger partial charge is 0.496 e. The molecule has 1 heterocycles. The fourth-order valence-corrected chi connectivity index (χ4v) is 2.88. The lowest BCUT2D eigenvalue weighted by Crippen LogP contribution is -2.19. The van der Waals surface area contributed by atoms with Gasteiger partial charge in [-0.2, -0.15) is 0 Å². The van der Waals surface area contributed by atoms with E-state index in [1.807, 2.05) is 6.26 Å². The molecule has 0 aliphatic carbocycles. The summed E-state index contributed by atoms with van der Waals surface area (Å²) in [4.78, 5) is 12.6. The van der Waals surface area contributed by atoms with E-state index in [-0.39, 0.29) is 11.7 Å². The molecule has 1 unspecified atom stereocenters. The fraction of sp³-hybridized carbons (Fsp3) is 0.500. The zero-order valence-corrected chi connectivity index (χ0v) is 11.9. The van der Waals surface area contributed by atoms with Crippen molar-refractivity contribution in [3.8, 4) is 5.75 Å². The topological polar surface area (TPSA) is 38.3 Å². The Bertz CT molecular complexity index is 424. The summed E-state index contributed by atoms with van der Waals surface area (Å²) in [5, 5.41) is 3.39. The molecule has 18 heavy (non-hydrogen) atoms. The molecule has 1 atom stereocenters. The van der Waals surface area contributed by atoms with Gasteiger partial charge in [-0.3, -0.25) is 4.79 Å². The van der Waals surface area contributed by atoms with Crippen LogP contribution in [0.15, 0.2) is 17.0 Å². The first-order valence-electron chi connectivity index (χ1n) is 6.15. The number of ether oxygens (including phenoxy) is 1. The first kappa shape index (κ1) is 13.3. The summed E-state index contributed by atoms with van der Waals surface area (Å²) in [6.45, 7) is 2.42. The van der Waals surface area contributed by atoms with Gasteiger partial charge in [0.15, 0.2) is 0 Å². The molecule has 0 saturated carbocycles. The van der Waals surface area contributed by atoms with Gasteiger partial charge in [0.2, 0.25) is 0 Å². The van der Waals surface area contributed by atoms with Crippen LogP contribution in [-0.2, 0) is 11.2 Å². The van der Waals surface area contributed by atoms with E-state index < -0.39 is 0 Å². The number of Topliss-reactive ketones (excluding diaryl/α,β-unsaturated/α-hetero) is 1. The number of carbonyl (C=O) groups excluding carboxylic acids is 1. The molecule has 0 amide bonds. The minimum Gasteiger partial charge on any atom is -0.496 e. The van der Waals surface area contributed by atoms with Gasteiger partial charge in [-0.25, -0.2) is 0 Å². The van der Waals surface area contributed by atoms with Crippen LogP contribution >= 0.6 is 11.8 Å². The summed E-state index contributed by atoms with van der Waals surface area (Å²) >= 11 is 1.67. The average Bonchev–Trinajstić information content (AvgIpc) is 2.58.